The van der Waals surface area contributed by atoms with Crippen molar-refractivity contribution >= 4 is 11.6 Å². The summed E-state index contributed by atoms with van der Waals surface area (Å²) in [4.78, 5) is 0. The molecule has 4 saturated carbocycles. The summed E-state index contributed by atoms with van der Waals surface area (Å²) in [6.45, 7) is 0. The van der Waals surface area contributed by atoms with E-state index < -0.39 is 0 Å². The Balaban J connectivity index is 1.42. The standard InChI is InChI=1S/C26H28O/c1-27-25-7-6-22(23-11-20-4-2-3-5-21(20)12-23)13-24(25)26-14-17-8-18(15-26)10-19(9-17)16-26/h2-7,11,13,17-19H,8-10,12,14-16H2,1H3. The van der Waals surface area contributed by atoms with Crippen molar-refractivity contribution < 1.29 is 4.74 Å². The number of allylic oxidation sites excluding steroid dienone is 1. The second-order valence-corrected chi connectivity index (χ2v) is 9.66. The molecule has 0 saturated heterocycles. The lowest BCUT2D eigenvalue weighted by Crippen LogP contribution is -2.48. The minimum atomic E-state index is 0.377. The van der Waals surface area contributed by atoms with E-state index in [-0.39, 0.29) is 0 Å². The molecule has 5 aliphatic rings. The number of methoxy groups -OCH3 is 1. The number of hydrogen-bond acceptors (Lipinski definition) is 1. The van der Waals surface area contributed by atoms with Crippen LogP contribution in [0.3, 0.4) is 0 Å². The van der Waals surface area contributed by atoms with E-state index >= 15 is 0 Å². The van der Waals surface area contributed by atoms with E-state index in [9.17, 15) is 0 Å². The quantitative estimate of drug-likeness (QED) is 0.631. The molecule has 1 heteroatoms. The Morgan fingerprint density at radius 1 is 0.889 bits per heavy atom. The third kappa shape index (κ3) is 2.43. The molecule has 2 aromatic carbocycles. The van der Waals surface area contributed by atoms with Crippen molar-refractivity contribution in [3.05, 3.63) is 64.7 Å². The van der Waals surface area contributed by atoms with Gasteiger partial charge in [0, 0.05) is 5.56 Å². The average Bonchev–Trinajstić information content (AvgIpc) is 3.11. The van der Waals surface area contributed by atoms with E-state index in [2.05, 4.69) is 48.5 Å². The van der Waals surface area contributed by atoms with Gasteiger partial charge in [0.05, 0.1) is 7.11 Å². The molecule has 0 spiro atoms. The van der Waals surface area contributed by atoms with Crippen molar-refractivity contribution in [2.45, 2.75) is 50.4 Å². The van der Waals surface area contributed by atoms with Crippen molar-refractivity contribution in [3.63, 3.8) is 0 Å². The number of benzene rings is 2. The Labute approximate surface area is 162 Å². The Kier molecular flexibility index (Phi) is 3.40. The van der Waals surface area contributed by atoms with Crippen molar-refractivity contribution in [2.75, 3.05) is 7.11 Å². The molecule has 27 heavy (non-hydrogen) atoms. The van der Waals surface area contributed by atoms with E-state index in [1.165, 1.54) is 66.4 Å². The molecule has 0 unspecified atom stereocenters. The van der Waals surface area contributed by atoms with Crippen LogP contribution in [-0.4, -0.2) is 7.11 Å². The largest absolute Gasteiger partial charge is 0.496 e. The molecular weight excluding hydrogens is 328 g/mol. The van der Waals surface area contributed by atoms with Gasteiger partial charge >= 0.3 is 0 Å². The second-order valence-electron chi connectivity index (χ2n) is 9.66. The molecule has 0 aliphatic heterocycles. The van der Waals surface area contributed by atoms with Gasteiger partial charge in [-0.25, -0.2) is 0 Å². The predicted octanol–water partition coefficient (Wildman–Crippen LogP) is 6.26. The highest BCUT2D eigenvalue weighted by Crippen LogP contribution is 2.62. The fourth-order valence-corrected chi connectivity index (χ4v) is 7.23. The van der Waals surface area contributed by atoms with Crippen molar-refractivity contribution in [2.24, 2.45) is 17.8 Å². The molecule has 0 radical (unpaired) electrons. The second kappa shape index (κ2) is 5.74. The molecule has 0 N–H and O–H groups in total. The first-order chi connectivity index (χ1) is 13.2. The van der Waals surface area contributed by atoms with E-state index in [4.69, 9.17) is 4.74 Å². The molecule has 0 amide bonds. The molecule has 5 aliphatic carbocycles. The summed E-state index contributed by atoms with van der Waals surface area (Å²) in [7, 11) is 1.85. The predicted molar refractivity (Wildman–Crippen MR) is 111 cm³/mol. The van der Waals surface area contributed by atoms with Gasteiger partial charge in [-0.15, -0.1) is 0 Å². The third-order valence-electron chi connectivity index (χ3n) is 7.95. The summed E-state index contributed by atoms with van der Waals surface area (Å²) in [5, 5.41) is 0. The Morgan fingerprint density at radius 3 is 2.26 bits per heavy atom. The van der Waals surface area contributed by atoms with Gasteiger partial charge in [-0.1, -0.05) is 36.4 Å². The summed E-state index contributed by atoms with van der Waals surface area (Å²) < 4.78 is 5.89. The lowest BCUT2D eigenvalue weighted by Gasteiger charge is -2.57. The zero-order valence-electron chi connectivity index (χ0n) is 16.2. The fourth-order valence-electron chi connectivity index (χ4n) is 7.23. The maximum absolute atomic E-state index is 5.89. The van der Waals surface area contributed by atoms with Crippen molar-refractivity contribution in [1.82, 2.24) is 0 Å². The first-order valence-corrected chi connectivity index (χ1v) is 10.7. The van der Waals surface area contributed by atoms with Gasteiger partial charge in [-0.05, 0) is 103 Å². The summed E-state index contributed by atoms with van der Waals surface area (Å²) in [5.41, 5.74) is 7.60. The van der Waals surface area contributed by atoms with Crippen LogP contribution >= 0.6 is 0 Å². The SMILES string of the molecule is COc1ccc(C2=Cc3ccccc3C2)cc1C12CC3CC(CC(C3)C1)C2. The van der Waals surface area contributed by atoms with Gasteiger partial charge in [0.15, 0.2) is 0 Å². The minimum Gasteiger partial charge on any atom is -0.496 e. The molecule has 1 nitrogen and oxygen atoms in total. The van der Waals surface area contributed by atoms with Gasteiger partial charge in [0.2, 0.25) is 0 Å². The molecule has 0 atom stereocenters. The van der Waals surface area contributed by atoms with E-state index in [1.54, 1.807) is 0 Å². The minimum absolute atomic E-state index is 0.377. The van der Waals surface area contributed by atoms with Crippen LogP contribution in [0, 0.1) is 17.8 Å². The first-order valence-electron chi connectivity index (χ1n) is 10.7. The van der Waals surface area contributed by atoms with Crippen LogP contribution in [-0.2, 0) is 11.8 Å². The zero-order chi connectivity index (χ0) is 18.0. The fraction of sp³-hybridized carbons (Fsp3) is 0.462. The molecule has 2 aromatic rings. The summed E-state index contributed by atoms with van der Waals surface area (Å²) in [5.74, 6) is 4.00. The number of fused-ring (bicyclic) bond motifs is 1. The van der Waals surface area contributed by atoms with Crippen LogP contribution in [0.15, 0.2) is 42.5 Å². The van der Waals surface area contributed by atoms with Crippen molar-refractivity contribution in [1.29, 1.82) is 0 Å². The Morgan fingerprint density at radius 2 is 1.59 bits per heavy atom. The third-order valence-corrected chi connectivity index (χ3v) is 7.95. The zero-order valence-corrected chi connectivity index (χ0v) is 16.2. The number of ether oxygens (including phenoxy) is 1. The van der Waals surface area contributed by atoms with E-state index in [0.29, 0.717) is 5.41 Å². The molecular formula is C26H28O. The molecule has 0 heterocycles. The average molecular weight is 357 g/mol. The Hall–Kier alpha value is -2.02. The van der Waals surface area contributed by atoms with Crippen LogP contribution in [0.2, 0.25) is 0 Å². The topological polar surface area (TPSA) is 9.23 Å². The van der Waals surface area contributed by atoms with Crippen LogP contribution in [0.1, 0.15) is 60.8 Å². The van der Waals surface area contributed by atoms with Gasteiger partial charge in [-0.3, -0.25) is 0 Å². The maximum Gasteiger partial charge on any atom is 0.122 e. The highest BCUT2D eigenvalue weighted by atomic mass is 16.5. The molecule has 4 fully saturated rings. The van der Waals surface area contributed by atoms with Crippen LogP contribution in [0.25, 0.3) is 11.6 Å². The van der Waals surface area contributed by atoms with Gasteiger partial charge in [0.25, 0.3) is 0 Å². The summed E-state index contributed by atoms with van der Waals surface area (Å²) in [6, 6.07) is 15.8. The monoisotopic (exact) mass is 356 g/mol. The van der Waals surface area contributed by atoms with Crippen LogP contribution in [0.4, 0.5) is 0 Å². The lowest BCUT2D eigenvalue weighted by atomic mass is 9.48. The van der Waals surface area contributed by atoms with Gasteiger partial charge in [-0.2, -0.15) is 0 Å². The molecule has 4 bridgehead atoms. The smallest absolute Gasteiger partial charge is 0.122 e. The van der Waals surface area contributed by atoms with Crippen LogP contribution < -0.4 is 4.74 Å². The molecule has 0 aromatic heterocycles. The molecule has 138 valence electrons. The molecule has 7 rings (SSSR count). The summed E-state index contributed by atoms with van der Waals surface area (Å²) >= 11 is 0. The Bertz CT molecular complexity index is 900. The first kappa shape index (κ1) is 16.0. The van der Waals surface area contributed by atoms with Crippen LogP contribution in [0.5, 0.6) is 5.75 Å². The highest BCUT2D eigenvalue weighted by molar-refractivity contribution is 5.88. The van der Waals surface area contributed by atoms with Crippen molar-refractivity contribution in [3.8, 4) is 5.75 Å². The highest BCUT2D eigenvalue weighted by Gasteiger charge is 2.52. The van der Waals surface area contributed by atoms with Gasteiger partial charge < -0.3 is 4.74 Å². The van der Waals surface area contributed by atoms with Gasteiger partial charge in [0.1, 0.15) is 5.75 Å². The van der Waals surface area contributed by atoms with E-state index in [0.717, 1.165) is 29.9 Å². The lowest BCUT2D eigenvalue weighted by molar-refractivity contribution is -0.00616. The number of hydrogen-bond donors (Lipinski definition) is 0. The van der Waals surface area contributed by atoms with E-state index in [1.807, 2.05) is 7.11 Å². The summed E-state index contributed by atoms with van der Waals surface area (Å²) in [6.07, 6.45) is 12.1. The maximum atomic E-state index is 5.89. The number of rotatable bonds is 3. The normalized spacial score (nSPS) is 33.1.